The lowest BCUT2D eigenvalue weighted by Crippen LogP contribution is -2.48. The zero-order valence-corrected chi connectivity index (χ0v) is 14.2. The Morgan fingerprint density at radius 2 is 1.89 bits per heavy atom. The number of esters is 1. The van der Waals surface area contributed by atoms with Crippen LogP contribution >= 0.6 is 0 Å². The van der Waals surface area contributed by atoms with Crippen LogP contribution in [-0.4, -0.2) is 26.5 Å². The summed E-state index contributed by atoms with van der Waals surface area (Å²) in [5, 5.41) is 0.242. The Balaban J connectivity index is 2.03. The summed E-state index contributed by atoms with van der Waals surface area (Å²) in [6, 6.07) is 0. The minimum absolute atomic E-state index is 0.0184. The molecule has 1 aliphatic carbocycles. The quantitative estimate of drug-likeness (QED) is 0.572. The van der Waals surface area contributed by atoms with Crippen molar-refractivity contribution in [1.29, 1.82) is 0 Å². The maximum absolute atomic E-state index is 11.4. The lowest BCUT2D eigenvalue weighted by Gasteiger charge is -2.44. The van der Waals surface area contributed by atoms with Gasteiger partial charge in [0.2, 0.25) is 0 Å². The van der Waals surface area contributed by atoms with Gasteiger partial charge in [-0.05, 0) is 36.9 Å². The summed E-state index contributed by atoms with van der Waals surface area (Å²) in [6.45, 7) is 13.7. The van der Waals surface area contributed by atoms with E-state index >= 15 is 0 Å². The first-order valence-corrected chi connectivity index (χ1v) is 10.4. The molecule has 4 heteroatoms. The smallest absolute Gasteiger partial charge is 0.306 e. The van der Waals surface area contributed by atoms with Crippen molar-refractivity contribution >= 4 is 14.3 Å². The molecule has 2 fully saturated rings. The van der Waals surface area contributed by atoms with Gasteiger partial charge in [-0.3, -0.25) is 4.79 Å². The van der Waals surface area contributed by atoms with Gasteiger partial charge in [0.15, 0.2) is 8.32 Å². The zero-order valence-electron chi connectivity index (χ0n) is 13.2. The van der Waals surface area contributed by atoms with Crippen LogP contribution in [0.15, 0.2) is 0 Å². The number of carbonyl (C=O) groups is 1. The van der Waals surface area contributed by atoms with Gasteiger partial charge >= 0.3 is 5.97 Å². The van der Waals surface area contributed by atoms with E-state index in [-0.39, 0.29) is 17.1 Å². The van der Waals surface area contributed by atoms with Crippen molar-refractivity contribution in [3.63, 3.8) is 0 Å². The summed E-state index contributed by atoms with van der Waals surface area (Å²) in [6.07, 6.45) is 3.01. The van der Waals surface area contributed by atoms with Gasteiger partial charge in [-0.15, -0.1) is 0 Å². The molecule has 0 N–H and O–H groups in total. The number of ether oxygens (including phenoxy) is 1. The molecule has 19 heavy (non-hydrogen) atoms. The SMILES string of the molecule is C[C@H]1C[C@@H]2OC(=O)C[C@@H]2C[C@@H]1O[Si](C)(C)C(C)(C)C. The second kappa shape index (κ2) is 4.88. The molecule has 0 unspecified atom stereocenters. The number of rotatable bonds is 2. The molecule has 0 spiro atoms. The topological polar surface area (TPSA) is 35.5 Å². The first kappa shape index (κ1) is 15.0. The Labute approximate surface area is 118 Å². The molecule has 1 saturated carbocycles. The van der Waals surface area contributed by atoms with E-state index in [1.807, 2.05) is 0 Å². The van der Waals surface area contributed by atoms with E-state index < -0.39 is 8.32 Å². The molecule has 4 atom stereocenters. The van der Waals surface area contributed by atoms with E-state index in [4.69, 9.17) is 9.16 Å². The molecular formula is C15H28O3Si. The molecule has 1 heterocycles. The van der Waals surface area contributed by atoms with Gasteiger partial charge in [-0.1, -0.05) is 27.7 Å². The van der Waals surface area contributed by atoms with Gasteiger partial charge < -0.3 is 9.16 Å². The second-order valence-electron chi connectivity index (χ2n) is 7.86. The van der Waals surface area contributed by atoms with E-state index in [9.17, 15) is 4.79 Å². The number of hydrogen-bond donors (Lipinski definition) is 0. The molecule has 0 bridgehead atoms. The molecular weight excluding hydrogens is 256 g/mol. The molecule has 0 aromatic heterocycles. The van der Waals surface area contributed by atoms with E-state index in [1.54, 1.807) is 0 Å². The summed E-state index contributed by atoms with van der Waals surface area (Å²) in [5.41, 5.74) is 0. The van der Waals surface area contributed by atoms with Crippen LogP contribution in [0.3, 0.4) is 0 Å². The Hall–Kier alpha value is -0.353. The summed E-state index contributed by atoms with van der Waals surface area (Å²) < 4.78 is 12.0. The molecule has 0 radical (unpaired) electrons. The monoisotopic (exact) mass is 284 g/mol. The van der Waals surface area contributed by atoms with Crippen LogP contribution in [0.25, 0.3) is 0 Å². The Kier molecular flexibility index (Phi) is 3.87. The van der Waals surface area contributed by atoms with E-state index in [0.29, 0.717) is 24.4 Å². The van der Waals surface area contributed by atoms with Gasteiger partial charge in [0.1, 0.15) is 6.10 Å². The molecule has 0 aromatic carbocycles. The summed E-state index contributed by atoms with van der Waals surface area (Å²) in [7, 11) is -1.72. The predicted molar refractivity (Wildman–Crippen MR) is 78.5 cm³/mol. The van der Waals surface area contributed by atoms with Crippen LogP contribution < -0.4 is 0 Å². The minimum atomic E-state index is -1.72. The van der Waals surface area contributed by atoms with Crippen molar-refractivity contribution in [2.75, 3.05) is 0 Å². The maximum Gasteiger partial charge on any atom is 0.306 e. The molecule has 2 aliphatic rings. The lowest BCUT2D eigenvalue weighted by atomic mass is 9.78. The summed E-state index contributed by atoms with van der Waals surface area (Å²) >= 11 is 0. The third-order valence-electron chi connectivity index (χ3n) is 5.26. The van der Waals surface area contributed by atoms with Crippen LogP contribution in [0.2, 0.25) is 18.1 Å². The van der Waals surface area contributed by atoms with Gasteiger partial charge in [-0.25, -0.2) is 0 Å². The highest BCUT2D eigenvalue weighted by Crippen LogP contribution is 2.43. The van der Waals surface area contributed by atoms with E-state index in [1.165, 1.54) is 0 Å². The van der Waals surface area contributed by atoms with Gasteiger partial charge in [-0.2, -0.15) is 0 Å². The zero-order chi connectivity index (χ0) is 14.4. The molecule has 0 aromatic rings. The van der Waals surface area contributed by atoms with Crippen molar-refractivity contribution < 1.29 is 14.0 Å². The highest BCUT2D eigenvalue weighted by atomic mass is 28.4. The van der Waals surface area contributed by atoms with Gasteiger partial charge in [0, 0.05) is 12.0 Å². The maximum atomic E-state index is 11.4. The highest BCUT2D eigenvalue weighted by Gasteiger charge is 2.46. The lowest BCUT2D eigenvalue weighted by molar-refractivity contribution is -0.143. The fraction of sp³-hybridized carbons (Fsp3) is 0.933. The largest absolute Gasteiger partial charge is 0.462 e. The van der Waals surface area contributed by atoms with Gasteiger partial charge in [0.25, 0.3) is 0 Å². The first-order valence-electron chi connectivity index (χ1n) is 7.47. The third-order valence-corrected chi connectivity index (χ3v) is 9.77. The molecule has 0 amide bonds. The predicted octanol–water partition coefficient (Wildman–Crippen LogP) is 3.74. The number of hydrogen-bond acceptors (Lipinski definition) is 3. The third kappa shape index (κ3) is 3.05. The fourth-order valence-electron chi connectivity index (χ4n) is 2.90. The Bertz CT molecular complexity index is 359. The molecule has 1 saturated heterocycles. The molecule has 2 rings (SSSR count). The molecule has 110 valence electrons. The van der Waals surface area contributed by atoms with E-state index in [2.05, 4.69) is 40.8 Å². The molecule has 3 nitrogen and oxygen atoms in total. The van der Waals surface area contributed by atoms with Gasteiger partial charge in [0.05, 0.1) is 6.42 Å². The Morgan fingerprint density at radius 1 is 1.26 bits per heavy atom. The van der Waals surface area contributed by atoms with E-state index in [0.717, 1.165) is 12.8 Å². The number of carbonyl (C=O) groups excluding carboxylic acids is 1. The van der Waals surface area contributed by atoms with Crippen molar-refractivity contribution in [3.05, 3.63) is 0 Å². The van der Waals surface area contributed by atoms with Crippen molar-refractivity contribution in [2.45, 2.75) is 77.3 Å². The average Bonchev–Trinajstić information content (AvgIpc) is 2.55. The van der Waals surface area contributed by atoms with Crippen LogP contribution in [0.1, 0.15) is 47.0 Å². The highest BCUT2D eigenvalue weighted by molar-refractivity contribution is 6.74. The van der Waals surface area contributed by atoms with Crippen molar-refractivity contribution in [3.8, 4) is 0 Å². The minimum Gasteiger partial charge on any atom is -0.462 e. The Morgan fingerprint density at radius 3 is 2.47 bits per heavy atom. The first-order chi connectivity index (χ1) is 8.60. The summed E-state index contributed by atoms with van der Waals surface area (Å²) in [5.74, 6) is 0.856. The normalized spacial score (nSPS) is 36.0. The molecule has 1 aliphatic heterocycles. The average molecular weight is 284 g/mol. The van der Waals surface area contributed by atoms with Crippen LogP contribution in [-0.2, 0) is 14.0 Å². The fourth-order valence-corrected chi connectivity index (χ4v) is 4.34. The van der Waals surface area contributed by atoms with Crippen LogP contribution in [0.4, 0.5) is 0 Å². The van der Waals surface area contributed by atoms with Crippen LogP contribution in [0, 0.1) is 11.8 Å². The number of fused-ring (bicyclic) bond motifs is 1. The van der Waals surface area contributed by atoms with Crippen molar-refractivity contribution in [1.82, 2.24) is 0 Å². The standard InChI is InChI=1S/C15H28O3Si/c1-10-7-13-11(9-14(16)17-13)8-12(10)18-19(5,6)15(2,3)4/h10-13H,7-9H2,1-6H3/t10-,11-,12-,13-/m0/s1. The van der Waals surface area contributed by atoms with Crippen molar-refractivity contribution in [2.24, 2.45) is 11.8 Å². The summed E-state index contributed by atoms with van der Waals surface area (Å²) in [4.78, 5) is 11.4. The second-order valence-corrected chi connectivity index (χ2v) is 12.6. The van der Waals surface area contributed by atoms with Crippen LogP contribution in [0.5, 0.6) is 0 Å².